The zero-order valence-electron chi connectivity index (χ0n) is 12.3. The second-order valence-corrected chi connectivity index (χ2v) is 5.57. The smallest absolute Gasteiger partial charge is 0.344 e. The van der Waals surface area contributed by atoms with Crippen LogP contribution in [0.4, 0.5) is 0 Å². The number of hydrogen-bond acceptors (Lipinski definition) is 4. The van der Waals surface area contributed by atoms with E-state index in [0.717, 1.165) is 0 Å². The van der Waals surface area contributed by atoms with E-state index >= 15 is 0 Å². The van der Waals surface area contributed by atoms with Crippen LogP contribution in [0.15, 0.2) is 48.5 Å². The zero-order chi connectivity index (χ0) is 16.8. The highest BCUT2D eigenvalue weighted by molar-refractivity contribution is 6.35. The van der Waals surface area contributed by atoms with Crippen molar-refractivity contribution in [2.75, 3.05) is 6.61 Å². The molecule has 2 aromatic carbocycles. The number of ketones is 1. The van der Waals surface area contributed by atoms with E-state index in [4.69, 9.17) is 32.7 Å². The van der Waals surface area contributed by atoms with Gasteiger partial charge in [-0.1, -0.05) is 53.5 Å². The molecule has 0 aromatic heterocycles. The van der Waals surface area contributed by atoms with Crippen LogP contribution in [0.3, 0.4) is 0 Å². The maximum Gasteiger partial charge on any atom is 0.344 e. The Morgan fingerprint density at radius 3 is 2.43 bits per heavy atom. The zero-order valence-corrected chi connectivity index (χ0v) is 13.8. The molecule has 0 fully saturated rings. The molecule has 0 aliphatic heterocycles. The van der Waals surface area contributed by atoms with Gasteiger partial charge in [0.25, 0.3) is 0 Å². The Kier molecular flexibility index (Phi) is 6.02. The van der Waals surface area contributed by atoms with Crippen LogP contribution >= 0.6 is 23.2 Å². The molecule has 0 aliphatic carbocycles. The number of carbonyl (C=O) groups is 2. The second-order valence-electron chi connectivity index (χ2n) is 4.73. The van der Waals surface area contributed by atoms with Gasteiger partial charge in [0.1, 0.15) is 5.75 Å². The van der Waals surface area contributed by atoms with Crippen molar-refractivity contribution in [2.24, 2.45) is 0 Å². The number of hydrogen-bond donors (Lipinski definition) is 0. The summed E-state index contributed by atoms with van der Waals surface area (Å²) in [4.78, 5) is 23.9. The molecule has 4 nitrogen and oxygen atoms in total. The first-order valence-electron chi connectivity index (χ1n) is 6.84. The van der Waals surface area contributed by atoms with Gasteiger partial charge < -0.3 is 9.47 Å². The summed E-state index contributed by atoms with van der Waals surface area (Å²) in [7, 11) is 0. The second kappa shape index (κ2) is 7.99. The average Bonchev–Trinajstić information content (AvgIpc) is 2.54. The molecular weight excluding hydrogens is 339 g/mol. The van der Waals surface area contributed by atoms with Crippen LogP contribution < -0.4 is 4.74 Å². The Balaban J connectivity index is 1.88. The normalized spacial score (nSPS) is 11.6. The minimum Gasteiger partial charge on any atom is -0.480 e. The predicted octanol–water partition coefficient (Wildman–Crippen LogP) is 4.19. The first-order chi connectivity index (χ1) is 11.0. The third kappa shape index (κ3) is 4.98. The minimum atomic E-state index is -0.894. The van der Waals surface area contributed by atoms with E-state index < -0.39 is 12.1 Å². The van der Waals surface area contributed by atoms with Gasteiger partial charge >= 0.3 is 5.97 Å². The van der Waals surface area contributed by atoms with Gasteiger partial charge in [-0.15, -0.1) is 0 Å². The van der Waals surface area contributed by atoms with Crippen molar-refractivity contribution >= 4 is 35.0 Å². The molecule has 2 aromatic rings. The number of carbonyl (C=O) groups excluding carboxylic acids is 2. The van der Waals surface area contributed by atoms with E-state index in [9.17, 15) is 9.59 Å². The highest BCUT2D eigenvalue weighted by atomic mass is 35.5. The maximum absolute atomic E-state index is 12.1. The highest BCUT2D eigenvalue weighted by Crippen LogP contribution is 2.27. The third-order valence-corrected chi connectivity index (χ3v) is 3.51. The van der Waals surface area contributed by atoms with Crippen LogP contribution in [0.2, 0.25) is 10.0 Å². The number of esters is 1. The summed E-state index contributed by atoms with van der Waals surface area (Å²) in [5.41, 5.74) is 0.481. The first kappa shape index (κ1) is 17.3. The van der Waals surface area contributed by atoms with Crippen LogP contribution in [0.1, 0.15) is 17.3 Å². The molecule has 2 rings (SSSR count). The van der Waals surface area contributed by atoms with Crippen LogP contribution in [-0.4, -0.2) is 24.5 Å². The van der Waals surface area contributed by atoms with Gasteiger partial charge in [-0.2, -0.15) is 0 Å². The highest BCUT2D eigenvalue weighted by Gasteiger charge is 2.19. The Labute approximate surface area is 143 Å². The quantitative estimate of drug-likeness (QED) is 0.577. The van der Waals surface area contributed by atoms with E-state index in [2.05, 4.69) is 0 Å². The number of rotatable bonds is 6. The van der Waals surface area contributed by atoms with Gasteiger partial charge in [-0.3, -0.25) is 4.79 Å². The van der Waals surface area contributed by atoms with Crippen molar-refractivity contribution in [1.82, 2.24) is 0 Å². The number of ether oxygens (including phenoxy) is 2. The Bertz CT molecular complexity index is 701. The van der Waals surface area contributed by atoms with Gasteiger partial charge in [0, 0.05) is 10.6 Å². The van der Waals surface area contributed by atoms with Gasteiger partial charge in [0.05, 0.1) is 5.02 Å². The molecule has 6 heteroatoms. The molecule has 0 saturated carbocycles. The fraction of sp³-hybridized carbons (Fsp3) is 0.176. The third-order valence-electron chi connectivity index (χ3n) is 2.98. The van der Waals surface area contributed by atoms with E-state index in [1.54, 1.807) is 42.5 Å². The van der Waals surface area contributed by atoms with Crippen LogP contribution in [0.5, 0.6) is 5.75 Å². The lowest BCUT2D eigenvalue weighted by molar-refractivity contribution is -0.148. The molecule has 0 saturated heterocycles. The molecule has 1 unspecified atom stereocenters. The standard InChI is InChI=1S/C17H14Cl2O4/c1-11(17(21)12-5-3-2-4-6-12)23-16(20)10-22-15-8-7-13(18)9-14(15)19/h2-9,11H,10H2,1H3. The monoisotopic (exact) mass is 352 g/mol. The predicted molar refractivity (Wildman–Crippen MR) is 88.3 cm³/mol. The van der Waals surface area contributed by atoms with Crippen molar-refractivity contribution in [1.29, 1.82) is 0 Å². The lowest BCUT2D eigenvalue weighted by Gasteiger charge is -2.13. The van der Waals surface area contributed by atoms with Crippen molar-refractivity contribution in [2.45, 2.75) is 13.0 Å². The average molecular weight is 353 g/mol. The Morgan fingerprint density at radius 2 is 1.78 bits per heavy atom. The molecule has 0 spiro atoms. The SMILES string of the molecule is CC(OC(=O)COc1ccc(Cl)cc1Cl)C(=O)c1ccccc1. The van der Waals surface area contributed by atoms with E-state index in [-0.39, 0.29) is 12.4 Å². The summed E-state index contributed by atoms with van der Waals surface area (Å²) in [5, 5.41) is 0.755. The summed E-state index contributed by atoms with van der Waals surface area (Å²) in [6.45, 7) is 1.16. The van der Waals surface area contributed by atoms with Crippen molar-refractivity contribution in [3.05, 3.63) is 64.1 Å². The topological polar surface area (TPSA) is 52.6 Å². The minimum absolute atomic E-state index is 0.275. The molecule has 0 N–H and O–H groups in total. The maximum atomic E-state index is 12.1. The van der Waals surface area contributed by atoms with Crippen molar-refractivity contribution in [3.63, 3.8) is 0 Å². The fourth-order valence-corrected chi connectivity index (χ4v) is 2.31. The molecule has 0 radical (unpaired) electrons. The van der Waals surface area contributed by atoms with Crippen molar-refractivity contribution in [3.8, 4) is 5.75 Å². The first-order valence-corrected chi connectivity index (χ1v) is 7.59. The molecular formula is C17H14Cl2O4. The van der Waals surface area contributed by atoms with E-state index in [0.29, 0.717) is 21.4 Å². The van der Waals surface area contributed by atoms with Crippen LogP contribution in [0.25, 0.3) is 0 Å². The largest absolute Gasteiger partial charge is 0.480 e. The molecule has 120 valence electrons. The van der Waals surface area contributed by atoms with Gasteiger partial charge in [-0.25, -0.2) is 4.79 Å². The van der Waals surface area contributed by atoms with Crippen LogP contribution in [0, 0.1) is 0 Å². The number of benzene rings is 2. The van der Waals surface area contributed by atoms with E-state index in [1.165, 1.54) is 13.0 Å². The molecule has 0 aliphatic rings. The van der Waals surface area contributed by atoms with Gasteiger partial charge in [-0.05, 0) is 25.1 Å². The number of Topliss-reactive ketones (excluding diaryl/α,β-unsaturated/α-hetero) is 1. The summed E-state index contributed by atoms with van der Waals surface area (Å²) in [6.07, 6.45) is -0.894. The molecule has 1 atom stereocenters. The summed E-state index contributed by atoms with van der Waals surface area (Å²) >= 11 is 11.7. The lowest BCUT2D eigenvalue weighted by Crippen LogP contribution is -2.27. The molecule has 23 heavy (non-hydrogen) atoms. The van der Waals surface area contributed by atoms with Crippen molar-refractivity contribution < 1.29 is 19.1 Å². The Hall–Kier alpha value is -2.04. The summed E-state index contributed by atoms with van der Waals surface area (Å²) in [5.74, 6) is -0.619. The molecule has 0 amide bonds. The summed E-state index contributed by atoms with van der Waals surface area (Å²) in [6, 6.07) is 13.3. The fourth-order valence-electron chi connectivity index (χ4n) is 1.85. The molecule has 0 heterocycles. The lowest BCUT2D eigenvalue weighted by atomic mass is 10.1. The Morgan fingerprint density at radius 1 is 1.09 bits per heavy atom. The van der Waals surface area contributed by atoms with Gasteiger partial charge in [0.2, 0.25) is 5.78 Å². The summed E-state index contributed by atoms with van der Waals surface area (Å²) < 4.78 is 10.3. The number of halogens is 2. The van der Waals surface area contributed by atoms with Gasteiger partial charge in [0.15, 0.2) is 12.7 Å². The van der Waals surface area contributed by atoms with E-state index in [1.807, 2.05) is 0 Å². The van der Waals surface area contributed by atoms with Crippen LogP contribution in [-0.2, 0) is 9.53 Å². The molecule has 0 bridgehead atoms.